The first-order valence-corrected chi connectivity index (χ1v) is 14.1. The van der Waals surface area contributed by atoms with Gasteiger partial charge in [-0.2, -0.15) is 14.6 Å². The van der Waals surface area contributed by atoms with Gasteiger partial charge in [-0.25, -0.2) is 17.8 Å². The van der Waals surface area contributed by atoms with Crippen molar-refractivity contribution in [2.45, 2.75) is 36.3 Å². The first-order chi connectivity index (χ1) is 20.0. The molecule has 1 atom stereocenters. The van der Waals surface area contributed by atoms with Crippen LogP contribution < -0.4 is 5.56 Å². The summed E-state index contributed by atoms with van der Waals surface area (Å²) in [5.74, 6) is -3.00. The van der Waals surface area contributed by atoms with E-state index in [1.807, 2.05) is 6.07 Å². The van der Waals surface area contributed by atoms with Crippen LogP contribution in [0, 0.1) is 30.0 Å². The molecule has 4 rings (SSSR count). The fourth-order valence-electron chi connectivity index (χ4n) is 4.50. The van der Waals surface area contributed by atoms with Crippen molar-refractivity contribution in [1.29, 1.82) is 5.26 Å². The molecular weight excluding hydrogens is 570 g/mol. The predicted octanol–water partition coefficient (Wildman–Crippen LogP) is 4.07. The second-order valence-electron chi connectivity index (χ2n) is 9.12. The Bertz CT molecular complexity index is 1850. The van der Waals surface area contributed by atoms with E-state index in [-0.39, 0.29) is 47.9 Å². The first kappa shape index (κ1) is 30.4. The number of halogens is 2. The van der Waals surface area contributed by atoms with Crippen molar-refractivity contribution in [2.75, 3.05) is 20.3 Å². The second kappa shape index (κ2) is 12.6. The minimum Gasteiger partial charge on any atom is -0.492 e. The lowest BCUT2D eigenvalue weighted by atomic mass is 10.0. The Kier molecular flexibility index (Phi) is 9.11. The fraction of sp³-hybridized carbons (Fsp3) is 0.241. The Labute approximate surface area is 240 Å². The van der Waals surface area contributed by atoms with Gasteiger partial charge < -0.3 is 14.6 Å². The van der Waals surface area contributed by atoms with Gasteiger partial charge in [0.25, 0.3) is 5.56 Å². The Balaban J connectivity index is 1.93. The summed E-state index contributed by atoms with van der Waals surface area (Å²) in [4.78, 5) is 19.7. The number of aromatic nitrogens is 3. The molecule has 0 radical (unpaired) electrons. The molecule has 1 N–H and O–H groups in total. The van der Waals surface area contributed by atoms with Gasteiger partial charge in [-0.3, -0.25) is 9.36 Å². The smallest absolute Gasteiger partial charge is 0.277 e. The molecule has 0 amide bonds. The minimum absolute atomic E-state index is 0.0614. The summed E-state index contributed by atoms with van der Waals surface area (Å²) in [7, 11) is -3.47. The average molecular weight is 597 g/mol. The summed E-state index contributed by atoms with van der Waals surface area (Å²) < 4.78 is 68.5. The van der Waals surface area contributed by atoms with Gasteiger partial charge in [0, 0.05) is 31.0 Å². The summed E-state index contributed by atoms with van der Waals surface area (Å²) in [5.41, 5.74) is -0.297. The SMILES string of the molecule is CCOCc1nc(O)c(S(=O)(=O)c2ccc(-c3ccnc(F)c3C)c(F)c2)c(=O)n1[C@@H](COC)c1cccc(C#N)c1. The molecule has 2 heterocycles. The van der Waals surface area contributed by atoms with E-state index in [9.17, 15) is 28.0 Å². The van der Waals surface area contributed by atoms with Crippen molar-refractivity contribution in [3.8, 4) is 23.1 Å². The van der Waals surface area contributed by atoms with Crippen LogP contribution in [0.3, 0.4) is 0 Å². The number of hydrogen-bond acceptors (Lipinski definition) is 9. The summed E-state index contributed by atoms with van der Waals surface area (Å²) >= 11 is 0. The van der Waals surface area contributed by atoms with Crippen LogP contribution in [0.15, 0.2) is 69.3 Å². The van der Waals surface area contributed by atoms with Gasteiger partial charge in [0.1, 0.15) is 18.2 Å². The third-order valence-electron chi connectivity index (χ3n) is 6.55. The van der Waals surface area contributed by atoms with E-state index in [0.29, 0.717) is 11.6 Å². The molecule has 42 heavy (non-hydrogen) atoms. The van der Waals surface area contributed by atoms with E-state index >= 15 is 4.39 Å². The van der Waals surface area contributed by atoms with E-state index in [0.717, 1.165) is 22.9 Å². The van der Waals surface area contributed by atoms with E-state index in [1.165, 1.54) is 26.2 Å². The Morgan fingerprint density at radius 2 is 1.90 bits per heavy atom. The van der Waals surface area contributed by atoms with Crippen LogP contribution in [-0.2, 0) is 25.9 Å². The van der Waals surface area contributed by atoms with E-state index in [2.05, 4.69) is 9.97 Å². The summed E-state index contributed by atoms with van der Waals surface area (Å²) in [6.07, 6.45) is 1.15. The predicted molar refractivity (Wildman–Crippen MR) is 146 cm³/mol. The third kappa shape index (κ3) is 5.78. The first-order valence-electron chi connectivity index (χ1n) is 12.6. The highest BCUT2D eigenvalue weighted by atomic mass is 32.2. The van der Waals surface area contributed by atoms with Crippen molar-refractivity contribution in [3.63, 3.8) is 0 Å². The monoisotopic (exact) mass is 596 g/mol. The molecule has 0 aliphatic heterocycles. The third-order valence-corrected chi connectivity index (χ3v) is 8.32. The molecule has 2 aromatic carbocycles. The van der Waals surface area contributed by atoms with Crippen molar-refractivity contribution < 1.29 is 31.8 Å². The topological polar surface area (TPSA) is 144 Å². The van der Waals surface area contributed by atoms with Crippen molar-refractivity contribution in [3.05, 3.63) is 99.4 Å². The molecule has 218 valence electrons. The summed E-state index contributed by atoms with van der Waals surface area (Å²) in [5, 5.41) is 20.1. The molecule has 0 unspecified atom stereocenters. The number of pyridine rings is 1. The minimum atomic E-state index is -4.85. The summed E-state index contributed by atoms with van der Waals surface area (Å²) in [6.45, 7) is 2.93. The number of sulfone groups is 1. The van der Waals surface area contributed by atoms with Crippen LogP contribution in [-0.4, -0.2) is 48.4 Å². The number of rotatable bonds is 10. The van der Waals surface area contributed by atoms with Crippen molar-refractivity contribution in [1.82, 2.24) is 14.5 Å². The molecule has 0 bridgehead atoms. The molecule has 0 fully saturated rings. The standard InChI is InChI=1S/C29H26F2N4O6S/c1-4-41-16-25-34-28(36)26(29(37)35(25)24(15-40-3)19-7-5-6-18(12-19)14-32)42(38,39)20-8-9-22(23(30)13-20)21-10-11-33-27(31)17(21)2/h5-13,24,36H,4,15-16H2,1-3H3/t24-/m0/s1. The quantitative estimate of drug-likeness (QED) is 0.268. The number of ether oxygens (including phenoxy) is 2. The molecule has 0 saturated heterocycles. The highest BCUT2D eigenvalue weighted by molar-refractivity contribution is 7.91. The van der Waals surface area contributed by atoms with Gasteiger partial charge in [0.15, 0.2) is 4.90 Å². The molecule has 0 saturated carbocycles. The molecule has 4 aromatic rings. The number of hydrogen-bond donors (Lipinski definition) is 1. The Morgan fingerprint density at radius 3 is 2.57 bits per heavy atom. The van der Waals surface area contributed by atoms with Crippen LogP contribution >= 0.6 is 0 Å². The maximum atomic E-state index is 15.3. The van der Waals surface area contributed by atoms with Crippen LogP contribution in [0.5, 0.6) is 5.88 Å². The molecule has 0 aliphatic carbocycles. The van der Waals surface area contributed by atoms with Gasteiger partial charge in [-0.1, -0.05) is 18.2 Å². The fourth-order valence-corrected chi connectivity index (χ4v) is 5.85. The molecular formula is C29H26F2N4O6S. The maximum absolute atomic E-state index is 15.3. The second-order valence-corrected chi connectivity index (χ2v) is 11.0. The molecule has 10 nitrogen and oxygen atoms in total. The Morgan fingerprint density at radius 1 is 1.14 bits per heavy atom. The van der Waals surface area contributed by atoms with Gasteiger partial charge in [0.05, 0.1) is 29.2 Å². The van der Waals surface area contributed by atoms with Crippen LogP contribution in [0.4, 0.5) is 8.78 Å². The van der Waals surface area contributed by atoms with Gasteiger partial charge in [-0.05, 0) is 55.3 Å². The van der Waals surface area contributed by atoms with Crippen LogP contribution in [0.1, 0.15) is 35.5 Å². The van der Waals surface area contributed by atoms with Gasteiger partial charge in [-0.15, -0.1) is 0 Å². The van der Waals surface area contributed by atoms with Gasteiger partial charge in [0.2, 0.25) is 21.7 Å². The number of nitriles is 1. The lowest BCUT2D eigenvalue weighted by Crippen LogP contribution is -2.35. The zero-order chi connectivity index (χ0) is 30.6. The van der Waals surface area contributed by atoms with Crippen LogP contribution in [0.2, 0.25) is 0 Å². The molecule has 2 aromatic heterocycles. The zero-order valence-corrected chi connectivity index (χ0v) is 23.7. The highest BCUT2D eigenvalue weighted by Crippen LogP contribution is 2.32. The van der Waals surface area contributed by atoms with E-state index < -0.39 is 48.9 Å². The lowest BCUT2D eigenvalue weighted by molar-refractivity contribution is 0.116. The Hall–Kier alpha value is -4.51. The van der Waals surface area contributed by atoms with E-state index in [1.54, 1.807) is 25.1 Å². The highest BCUT2D eigenvalue weighted by Gasteiger charge is 2.33. The number of nitrogens with zero attached hydrogens (tertiary/aromatic N) is 4. The van der Waals surface area contributed by atoms with Crippen molar-refractivity contribution in [2.24, 2.45) is 0 Å². The number of aromatic hydroxyl groups is 1. The normalized spacial score (nSPS) is 12.2. The largest absolute Gasteiger partial charge is 0.492 e. The lowest BCUT2D eigenvalue weighted by Gasteiger charge is -2.24. The number of benzene rings is 2. The van der Waals surface area contributed by atoms with Crippen LogP contribution in [0.25, 0.3) is 11.1 Å². The van der Waals surface area contributed by atoms with E-state index in [4.69, 9.17) is 9.47 Å². The summed E-state index contributed by atoms with van der Waals surface area (Å²) in [6, 6.07) is 11.6. The molecule has 0 spiro atoms. The number of methoxy groups -OCH3 is 1. The maximum Gasteiger partial charge on any atom is 0.277 e. The zero-order valence-electron chi connectivity index (χ0n) is 22.8. The van der Waals surface area contributed by atoms with Gasteiger partial charge >= 0.3 is 0 Å². The molecule has 0 aliphatic rings. The average Bonchev–Trinajstić information content (AvgIpc) is 2.96. The molecule has 13 heteroatoms. The van der Waals surface area contributed by atoms with Crippen molar-refractivity contribution >= 4 is 9.84 Å².